The molecule has 1 atom stereocenters. The number of ketones is 1. The molecule has 5 heteroatoms. The maximum atomic E-state index is 12.5. The summed E-state index contributed by atoms with van der Waals surface area (Å²) in [5, 5.41) is 0. The molecule has 0 radical (unpaired) electrons. The molecule has 0 N–H and O–H groups in total. The van der Waals surface area contributed by atoms with Gasteiger partial charge in [-0.15, -0.1) is 0 Å². The fraction of sp³-hybridized carbons (Fsp3) is 0.769. The van der Waals surface area contributed by atoms with Gasteiger partial charge in [-0.2, -0.15) is 13.2 Å². The lowest BCUT2D eigenvalue weighted by Gasteiger charge is -2.35. The van der Waals surface area contributed by atoms with E-state index >= 15 is 0 Å². The molecule has 1 aliphatic rings. The van der Waals surface area contributed by atoms with Crippen molar-refractivity contribution in [1.82, 2.24) is 0 Å². The highest BCUT2D eigenvalue weighted by molar-refractivity contribution is 6.00. The first-order valence-electron chi connectivity index (χ1n) is 5.95. The van der Waals surface area contributed by atoms with Crippen LogP contribution in [-0.4, -0.2) is 19.1 Å². The van der Waals surface area contributed by atoms with Crippen molar-refractivity contribution in [2.45, 2.75) is 46.2 Å². The number of alkyl halides is 3. The molecule has 0 amide bonds. The van der Waals surface area contributed by atoms with Gasteiger partial charge in [0.25, 0.3) is 5.78 Å². The Morgan fingerprint density at radius 1 is 1.28 bits per heavy atom. The number of ether oxygens (including phenoxy) is 1. The molecule has 0 spiro atoms. The molecule has 1 aliphatic carbocycles. The van der Waals surface area contributed by atoms with Gasteiger partial charge in [-0.1, -0.05) is 20.8 Å². The van der Waals surface area contributed by atoms with Gasteiger partial charge in [-0.25, -0.2) is 0 Å². The molecule has 0 aromatic heterocycles. The summed E-state index contributed by atoms with van der Waals surface area (Å²) in [7, 11) is 1.32. The lowest BCUT2D eigenvalue weighted by Crippen LogP contribution is -2.32. The summed E-state index contributed by atoms with van der Waals surface area (Å²) in [5.74, 6) is -1.50. The Morgan fingerprint density at radius 2 is 1.83 bits per heavy atom. The molecule has 0 aromatic carbocycles. The SMILES string of the molecule is COC1=C(C(=O)C(F)(F)F)CC(C(C)(C)C)CC1. The molecule has 1 unspecified atom stereocenters. The van der Waals surface area contributed by atoms with E-state index in [4.69, 9.17) is 4.74 Å². The molecular weight excluding hydrogens is 245 g/mol. The lowest BCUT2D eigenvalue weighted by molar-refractivity contribution is -0.167. The summed E-state index contributed by atoms with van der Waals surface area (Å²) in [6.07, 6.45) is -3.53. The van der Waals surface area contributed by atoms with Crippen LogP contribution < -0.4 is 0 Å². The molecule has 0 aromatic rings. The van der Waals surface area contributed by atoms with E-state index in [1.807, 2.05) is 20.8 Å². The van der Waals surface area contributed by atoms with Crippen molar-refractivity contribution in [2.75, 3.05) is 7.11 Å². The molecular formula is C13H19F3O2. The highest BCUT2D eigenvalue weighted by Gasteiger charge is 2.44. The lowest BCUT2D eigenvalue weighted by atomic mass is 9.71. The van der Waals surface area contributed by atoms with E-state index in [-0.39, 0.29) is 29.1 Å². The number of Topliss-reactive ketones (excluding diaryl/α,β-unsaturated/α-hetero) is 1. The van der Waals surface area contributed by atoms with E-state index in [9.17, 15) is 18.0 Å². The van der Waals surface area contributed by atoms with Gasteiger partial charge >= 0.3 is 6.18 Å². The average molecular weight is 264 g/mol. The number of carbonyl (C=O) groups excluding carboxylic acids is 1. The van der Waals surface area contributed by atoms with Crippen LogP contribution in [0.4, 0.5) is 13.2 Å². The first-order valence-corrected chi connectivity index (χ1v) is 5.95. The first kappa shape index (κ1) is 15.1. The Morgan fingerprint density at radius 3 is 2.22 bits per heavy atom. The van der Waals surface area contributed by atoms with Crippen LogP contribution in [-0.2, 0) is 9.53 Å². The zero-order valence-electron chi connectivity index (χ0n) is 11.1. The Bertz CT molecular complexity index is 361. The molecule has 2 nitrogen and oxygen atoms in total. The van der Waals surface area contributed by atoms with E-state index in [1.54, 1.807) is 0 Å². The summed E-state index contributed by atoms with van der Waals surface area (Å²) in [6.45, 7) is 5.93. The van der Waals surface area contributed by atoms with Crippen LogP contribution >= 0.6 is 0 Å². The van der Waals surface area contributed by atoms with E-state index in [1.165, 1.54) is 7.11 Å². The van der Waals surface area contributed by atoms with Gasteiger partial charge in [0, 0.05) is 12.0 Å². The molecule has 0 fully saturated rings. The van der Waals surface area contributed by atoms with Crippen molar-refractivity contribution >= 4 is 5.78 Å². The normalized spacial score (nSPS) is 22.1. The van der Waals surface area contributed by atoms with Crippen LogP contribution in [0.1, 0.15) is 40.0 Å². The van der Waals surface area contributed by atoms with Gasteiger partial charge in [-0.05, 0) is 24.2 Å². The maximum Gasteiger partial charge on any atom is 0.454 e. The molecule has 0 aliphatic heterocycles. The summed E-state index contributed by atoms with van der Waals surface area (Å²) in [6, 6.07) is 0. The first-order chi connectivity index (χ1) is 8.07. The summed E-state index contributed by atoms with van der Waals surface area (Å²) in [4.78, 5) is 11.4. The van der Waals surface area contributed by atoms with Gasteiger partial charge in [0.1, 0.15) is 5.76 Å². The second kappa shape index (κ2) is 4.94. The molecule has 0 heterocycles. The smallest absolute Gasteiger partial charge is 0.454 e. The molecule has 0 bridgehead atoms. The number of halogens is 3. The van der Waals surface area contributed by atoms with Crippen LogP contribution in [0, 0.1) is 11.3 Å². The van der Waals surface area contributed by atoms with E-state index in [0.29, 0.717) is 6.42 Å². The fourth-order valence-corrected chi connectivity index (χ4v) is 2.27. The number of hydrogen-bond acceptors (Lipinski definition) is 2. The minimum absolute atomic E-state index is 0.0673. The van der Waals surface area contributed by atoms with Crippen LogP contribution in [0.2, 0.25) is 0 Å². The van der Waals surface area contributed by atoms with E-state index < -0.39 is 12.0 Å². The minimum atomic E-state index is -4.82. The van der Waals surface area contributed by atoms with E-state index in [2.05, 4.69) is 0 Å². The van der Waals surface area contributed by atoms with Crippen molar-refractivity contribution in [3.63, 3.8) is 0 Å². The second-order valence-electron chi connectivity index (χ2n) is 5.74. The number of carbonyl (C=O) groups is 1. The van der Waals surface area contributed by atoms with Crippen molar-refractivity contribution in [1.29, 1.82) is 0 Å². The Kier molecular flexibility index (Phi) is 4.13. The van der Waals surface area contributed by atoms with Gasteiger partial charge in [0.05, 0.1) is 7.11 Å². The fourth-order valence-electron chi connectivity index (χ4n) is 2.27. The second-order valence-corrected chi connectivity index (χ2v) is 5.74. The molecule has 1 rings (SSSR count). The molecule has 104 valence electrons. The van der Waals surface area contributed by atoms with Crippen LogP contribution in [0.25, 0.3) is 0 Å². The monoisotopic (exact) mass is 264 g/mol. The van der Waals surface area contributed by atoms with E-state index in [0.717, 1.165) is 6.42 Å². The van der Waals surface area contributed by atoms with Crippen molar-refractivity contribution in [2.24, 2.45) is 11.3 Å². The molecule has 0 saturated heterocycles. The largest absolute Gasteiger partial charge is 0.501 e. The number of allylic oxidation sites excluding steroid dienone is 2. The van der Waals surface area contributed by atoms with Crippen LogP contribution in [0.15, 0.2) is 11.3 Å². The van der Waals surface area contributed by atoms with Crippen LogP contribution in [0.3, 0.4) is 0 Å². The summed E-state index contributed by atoms with van der Waals surface area (Å²) in [5.41, 5.74) is -0.313. The number of rotatable bonds is 2. The Hall–Kier alpha value is -1.00. The van der Waals surface area contributed by atoms with Crippen molar-refractivity contribution in [3.8, 4) is 0 Å². The standard InChI is InChI=1S/C13H19F3O2/c1-12(2,3)8-5-6-10(18-4)9(7-8)11(17)13(14,15)16/h8H,5-7H2,1-4H3. The highest BCUT2D eigenvalue weighted by Crippen LogP contribution is 2.42. The third-order valence-corrected chi connectivity index (χ3v) is 3.51. The summed E-state index contributed by atoms with van der Waals surface area (Å²) < 4.78 is 42.5. The highest BCUT2D eigenvalue weighted by atomic mass is 19.4. The average Bonchev–Trinajstić information content (AvgIpc) is 2.24. The maximum absolute atomic E-state index is 12.5. The third kappa shape index (κ3) is 3.27. The predicted molar refractivity (Wildman–Crippen MR) is 61.9 cm³/mol. The Balaban J connectivity index is 3.04. The molecule has 18 heavy (non-hydrogen) atoms. The van der Waals surface area contributed by atoms with Crippen molar-refractivity contribution in [3.05, 3.63) is 11.3 Å². The zero-order chi connectivity index (χ0) is 14.1. The number of methoxy groups -OCH3 is 1. The number of hydrogen-bond donors (Lipinski definition) is 0. The molecule has 0 saturated carbocycles. The third-order valence-electron chi connectivity index (χ3n) is 3.51. The van der Waals surface area contributed by atoms with Crippen LogP contribution in [0.5, 0.6) is 0 Å². The zero-order valence-corrected chi connectivity index (χ0v) is 11.1. The summed E-state index contributed by atoms with van der Waals surface area (Å²) >= 11 is 0. The van der Waals surface area contributed by atoms with Gasteiger partial charge in [-0.3, -0.25) is 4.79 Å². The van der Waals surface area contributed by atoms with Gasteiger partial charge in [0.2, 0.25) is 0 Å². The minimum Gasteiger partial charge on any atom is -0.501 e. The van der Waals surface area contributed by atoms with Gasteiger partial charge in [0.15, 0.2) is 0 Å². The predicted octanol–water partition coefficient (Wildman–Crippen LogP) is 3.86. The van der Waals surface area contributed by atoms with Gasteiger partial charge < -0.3 is 4.74 Å². The topological polar surface area (TPSA) is 26.3 Å². The van der Waals surface area contributed by atoms with Crippen molar-refractivity contribution < 1.29 is 22.7 Å². The quantitative estimate of drug-likeness (QED) is 0.757. The Labute approximate surface area is 105 Å².